The molecule has 2 aromatic rings. The van der Waals surface area contributed by atoms with Crippen molar-refractivity contribution in [3.63, 3.8) is 0 Å². The summed E-state index contributed by atoms with van der Waals surface area (Å²) < 4.78 is 24.5. The van der Waals surface area contributed by atoms with Crippen LogP contribution in [0.2, 0.25) is 0 Å². The number of aliphatic carboxylic acids is 1. The van der Waals surface area contributed by atoms with Crippen molar-refractivity contribution in [1.29, 1.82) is 0 Å². The molecule has 164 valence electrons. The first kappa shape index (κ1) is 25.6. The van der Waals surface area contributed by atoms with E-state index in [1.54, 1.807) is 24.3 Å². The molecule has 2 aromatic carbocycles. The Hall–Kier alpha value is -1.67. The standard InChI is InChI=1S/C23H26FNO5.Ca.2H/c24-19-5-4-8-21(13-19)25(20-6-2-1-3-7-20)23(28)30-15-18-11-9-17(10-12-18)14-29-16-22(26)27;;;/h1-8,13,17-18H,9-12,14-16H2,(H,26,27);;;. The fourth-order valence-electron chi connectivity index (χ4n) is 3.68. The first-order valence-electron chi connectivity index (χ1n) is 10.1. The quantitative estimate of drug-likeness (QED) is 0.604. The van der Waals surface area contributed by atoms with Gasteiger partial charge in [-0.05, 0) is 67.9 Å². The van der Waals surface area contributed by atoms with Gasteiger partial charge in [0.1, 0.15) is 12.4 Å². The Bertz CT molecular complexity index is 843. The molecule has 1 aliphatic rings. The molecule has 0 heterocycles. The topological polar surface area (TPSA) is 76.1 Å². The van der Waals surface area contributed by atoms with Crippen molar-refractivity contribution in [3.05, 3.63) is 60.4 Å². The third kappa shape index (κ3) is 8.07. The molecule has 0 atom stereocenters. The summed E-state index contributed by atoms with van der Waals surface area (Å²) in [5.74, 6) is -0.805. The van der Waals surface area contributed by atoms with Gasteiger partial charge in [-0.2, -0.15) is 0 Å². The molecule has 0 aromatic heterocycles. The molecule has 8 heteroatoms. The Morgan fingerprint density at radius 3 is 2.16 bits per heavy atom. The summed E-state index contributed by atoms with van der Waals surface area (Å²) in [6.45, 7) is 0.466. The van der Waals surface area contributed by atoms with Gasteiger partial charge in [0, 0.05) is 0 Å². The van der Waals surface area contributed by atoms with Crippen molar-refractivity contribution in [2.75, 3.05) is 24.7 Å². The van der Waals surface area contributed by atoms with Crippen molar-refractivity contribution in [2.45, 2.75) is 25.7 Å². The second-order valence-electron chi connectivity index (χ2n) is 7.52. The minimum atomic E-state index is -0.961. The molecular formula is C23H28CaFNO5. The zero-order chi connectivity index (χ0) is 21.3. The second kappa shape index (κ2) is 13.0. The van der Waals surface area contributed by atoms with Crippen LogP contribution in [0.5, 0.6) is 0 Å². The third-order valence-corrected chi connectivity index (χ3v) is 5.25. The van der Waals surface area contributed by atoms with Crippen LogP contribution in [-0.4, -0.2) is 74.7 Å². The van der Waals surface area contributed by atoms with E-state index in [0.29, 0.717) is 30.5 Å². The van der Waals surface area contributed by atoms with E-state index in [4.69, 9.17) is 14.6 Å². The van der Waals surface area contributed by atoms with Gasteiger partial charge in [-0.25, -0.2) is 18.9 Å². The van der Waals surface area contributed by atoms with Crippen molar-refractivity contribution < 1.29 is 28.6 Å². The van der Waals surface area contributed by atoms with Crippen molar-refractivity contribution in [3.8, 4) is 0 Å². The number of carbonyl (C=O) groups is 2. The number of hydrogen-bond acceptors (Lipinski definition) is 4. The summed E-state index contributed by atoms with van der Waals surface area (Å²) in [5, 5.41) is 8.63. The number of ether oxygens (including phenoxy) is 2. The Morgan fingerprint density at radius 1 is 0.935 bits per heavy atom. The summed E-state index contributed by atoms with van der Waals surface area (Å²) in [6, 6.07) is 14.9. The number of anilines is 2. The van der Waals surface area contributed by atoms with E-state index < -0.39 is 17.9 Å². The molecule has 1 aliphatic carbocycles. The maximum atomic E-state index is 13.7. The van der Waals surface area contributed by atoms with Gasteiger partial charge in [0.2, 0.25) is 0 Å². The fourth-order valence-corrected chi connectivity index (χ4v) is 3.68. The summed E-state index contributed by atoms with van der Waals surface area (Å²) in [7, 11) is 0. The predicted octanol–water partition coefficient (Wildman–Crippen LogP) is 4.09. The Labute approximate surface area is 211 Å². The molecule has 1 amide bonds. The van der Waals surface area contributed by atoms with Crippen LogP contribution in [0.25, 0.3) is 0 Å². The molecule has 6 nitrogen and oxygen atoms in total. The average molecular weight is 458 g/mol. The van der Waals surface area contributed by atoms with E-state index in [9.17, 15) is 14.0 Å². The molecule has 3 rings (SSSR count). The Balaban J connectivity index is 0.00000341. The number of nitrogens with zero attached hydrogens (tertiary/aromatic N) is 1. The number of carboxylic acids is 1. The molecule has 31 heavy (non-hydrogen) atoms. The first-order chi connectivity index (χ1) is 14.5. The van der Waals surface area contributed by atoms with Crippen LogP contribution in [0.1, 0.15) is 25.7 Å². The average Bonchev–Trinajstić information content (AvgIpc) is 2.74. The van der Waals surface area contributed by atoms with E-state index in [1.807, 2.05) is 18.2 Å². The van der Waals surface area contributed by atoms with Crippen LogP contribution in [0, 0.1) is 17.7 Å². The van der Waals surface area contributed by atoms with Gasteiger partial charge in [-0.3, -0.25) is 0 Å². The number of halogens is 1. The van der Waals surface area contributed by atoms with E-state index in [-0.39, 0.29) is 50.3 Å². The van der Waals surface area contributed by atoms with Crippen LogP contribution >= 0.6 is 0 Å². The number of benzene rings is 2. The molecule has 1 N–H and O–H groups in total. The molecule has 1 fully saturated rings. The molecule has 0 radical (unpaired) electrons. The van der Waals surface area contributed by atoms with Gasteiger partial charge in [0.25, 0.3) is 0 Å². The number of hydrogen-bond donors (Lipinski definition) is 1. The van der Waals surface area contributed by atoms with E-state index in [0.717, 1.165) is 25.7 Å². The van der Waals surface area contributed by atoms with Gasteiger partial charge in [-0.1, -0.05) is 24.3 Å². The summed E-state index contributed by atoms with van der Waals surface area (Å²) in [4.78, 5) is 24.8. The molecule has 1 saturated carbocycles. The second-order valence-corrected chi connectivity index (χ2v) is 7.52. The number of carbonyl (C=O) groups excluding carboxylic acids is 1. The van der Waals surface area contributed by atoms with E-state index in [2.05, 4.69) is 0 Å². The minimum absolute atomic E-state index is 0. The Kier molecular flexibility index (Phi) is 10.7. The summed E-state index contributed by atoms with van der Waals surface area (Å²) >= 11 is 0. The molecular weight excluding hydrogens is 429 g/mol. The van der Waals surface area contributed by atoms with Crippen LogP contribution in [0.4, 0.5) is 20.6 Å². The monoisotopic (exact) mass is 457 g/mol. The van der Waals surface area contributed by atoms with Crippen LogP contribution in [0.3, 0.4) is 0 Å². The molecule has 0 bridgehead atoms. The first-order valence-corrected chi connectivity index (χ1v) is 10.1. The van der Waals surface area contributed by atoms with Crippen LogP contribution in [-0.2, 0) is 14.3 Å². The van der Waals surface area contributed by atoms with Gasteiger partial charge in [-0.15, -0.1) is 0 Å². The van der Waals surface area contributed by atoms with Crippen molar-refractivity contribution in [2.24, 2.45) is 11.8 Å². The molecule has 0 spiro atoms. The third-order valence-electron chi connectivity index (χ3n) is 5.25. The molecule has 0 aliphatic heterocycles. The van der Waals surface area contributed by atoms with Gasteiger partial charge < -0.3 is 14.6 Å². The molecule has 0 unspecified atom stereocenters. The van der Waals surface area contributed by atoms with Gasteiger partial charge in [0.05, 0.1) is 24.6 Å². The predicted molar refractivity (Wildman–Crippen MR) is 119 cm³/mol. The number of carboxylic acid groups (broad SMARTS) is 1. The zero-order valence-electron chi connectivity index (χ0n) is 16.7. The summed E-state index contributed by atoms with van der Waals surface area (Å²) in [5.41, 5.74) is 1.01. The number of amides is 1. The maximum absolute atomic E-state index is 13.7. The normalized spacial score (nSPS) is 18.0. The SMILES string of the molecule is O=C(O)COCC1CCC(COC(=O)N(c2ccccc2)c2cccc(F)c2)CC1.[CaH2]. The van der Waals surface area contributed by atoms with Gasteiger partial charge >= 0.3 is 49.8 Å². The Morgan fingerprint density at radius 2 is 1.55 bits per heavy atom. The van der Waals surface area contributed by atoms with Crippen molar-refractivity contribution >= 4 is 61.2 Å². The zero-order valence-corrected chi connectivity index (χ0v) is 16.7. The van der Waals surface area contributed by atoms with E-state index >= 15 is 0 Å². The molecule has 0 saturated heterocycles. The van der Waals surface area contributed by atoms with Crippen LogP contribution in [0.15, 0.2) is 54.6 Å². The van der Waals surface area contributed by atoms with Crippen LogP contribution < -0.4 is 4.90 Å². The fraction of sp³-hybridized carbons (Fsp3) is 0.391. The number of rotatable bonds is 8. The number of para-hydroxylation sites is 1. The van der Waals surface area contributed by atoms with Gasteiger partial charge in [0.15, 0.2) is 0 Å². The summed E-state index contributed by atoms with van der Waals surface area (Å²) in [6.07, 6.45) is 3.06. The van der Waals surface area contributed by atoms with E-state index in [1.165, 1.54) is 17.0 Å². The van der Waals surface area contributed by atoms with Crippen molar-refractivity contribution in [1.82, 2.24) is 0 Å².